The molecule has 116 valence electrons. The van der Waals surface area contributed by atoms with E-state index >= 15 is 0 Å². The highest BCUT2D eigenvalue weighted by Gasteiger charge is 2.34. The van der Waals surface area contributed by atoms with Crippen molar-refractivity contribution in [2.75, 3.05) is 12.3 Å². The number of rotatable bonds is 2. The molecule has 1 atom stereocenters. The molecule has 0 aromatic carbocycles. The maximum atomic E-state index is 12.9. The normalized spacial score (nSPS) is 18.0. The summed E-state index contributed by atoms with van der Waals surface area (Å²) in [7, 11) is 0. The summed E-state index contributed by atoms with van der Waals surface area (Å²) in [6, 6.07) is 1.67. The van der Waals surface area contributed by atoms with E-state index in [0.29, 0.717) is 35.2 Å². The predicted octanol–water partition coefficient (Wildman–Crippen LogP) is 1.95. The molecule has 1 amide bonds. The highest BCUT2D eigenvalue weighted by Crippen LogP contribution is 2.33. The molecule has 1 aliphatic heterocycles. The highest BCUT2D eigenvalue weighted by molar-refractivity contribution is 5.96. The summed E-state index contributed by atoms with van der Waals surface area (Å²) >= 11 is 0. The molecule has 0 aliphatic carbocycles. The van der Waals surface area contributed by atoms with Crippen molar-refractivity contribution in [3.63, 3.8) is 0 Å². The third kappa shape index (κ3) is 2.43. The zero-order chi connectivity index (χ0) is 15.9. The SMILES string of the molecule is Cc1nc(N)cc(C2CCCN2C(=O)c2c(C)noc2C)n1. The van der Waals surface area contributed by atoms with Crippen molar-refractivity contribution < 1.29 is 9.32 Å². The van der Waals surface area contributed by atoms with E-state index in [4.69, 9.17) is 10.3 Å². The third-order valence-electron chi connectivity index (χ3n) is 3.98. The number of anilines is 1. The quantitative estimate of drug-likeness (QED) is 0.910. The van der Waals surface area contributed by atoms with Crippen LogP contribution in [0.25, 0.3) is 0 Å². The molecular formula is C15H19N5O2. The molecule has 0 radical (unpaired) electrons. The fourth-order valence-corrected chi connectivity index (χ4v) is 3.03. The van der Waals surface area contributed by atoms with Gasteiger partial charge in [-0.1, -0.05) is 5.16 Å². The Morgan fingerprint density at radius 3 is 2.77 bits per heavy atom. The molecule has 0 spiro atoms. The number of nitrogens with zero attached hydrogens (tertiary/aromatic N) is 4. The lowest BCUT2D eigenvalue weighted by Crippen LogP contribution is -2.31. The predicted molar refractivity (Wildman–Crippen MR) is 80.2 cm³/mol. The van der Waals surface area contributed by atoms with Crippen molar-refractivity contribution in [1.82, 2.24) is 20.0 Å². The lowest BCUT2D eigenvalue weighted by molar-refractivity contribution is 0.0730. The van der Waals surface area contributed by atoms with Crippen LogP contribution >= 0.6 is 0 Å². The van der Waals surface area contributed by atoms with Crippen LogP contribution in [-0.4, -0.2) is 32.5 Å². The number of nitrogens with two attached hydrogens (primary N) is 1. The zero-order valence-electron chi connectivity index (χ0n) is 13.0. The van der Waals surface area contributed by atoms with Gasteiger partial charge in [-0.05, 0) is 33.6 Å². The van der Waals surface area contributed by atoms with Crippen LogP contribution in [0.2, 0.25) is 0 Å². The van der Waals surface area contributed by atoms with E-state index in [2.05, 4.69) is 15.1 Å². The Morgan fingerprint density at radius 2 is 2.14 bits per heavy atom. The molecule has 0 bridgehead atoms. The van der Waals surface area contributed by atoms with Crippen LogP contribution in [0.4, 0.5) is 5.82 Å². The van der Waals surface area contributed by atoms with Gasteiger partial charge in [0.1, 0.15) is 23.0 Å². The molecule has 1 saturated heterocycles. The Morgan fingerprint density at radius 1 is 1.36 bits per heavy atom. The van der Waals surface area contributed by atoms with Gasteiger partial charge in [-0.15, -0.1) is 0 Å². The summed E-state index contributed by atoms with van der Waals surface area (Å²) in [5.74, 6) is 1.53. The van der Waals surface area contributed by atoms with Crippen LogP contribution in [0, 0.1) is 20.8 Å². The number of nitrogen functional groups attached to an aromatic ring is 1. The van der Waals surface area contributed by atoms with Crippen molar-refractivity contribution in [3.05, 3.63) is 34.6 Å². The molecule has 0 saturated carbocycles. The van der Waals surface area contributed by atoms with Crippen molar-refractivity contribution in [2.45, 2.75) is 39.7 Å². The average molecular weight is 301 g/mol. The number of likely N-dealkylation sites (tertiary alicyclic amines) is 1. The summed E-state index contributed by atoms with van der Waals surface area (Å²) in [4.78, 5) is 23.2. The smallest absolute Gasteiger partial charge is 0.259 e. The first kappa shape index (κ1) is 14.5. The summed E-state index contributed by atoms with van der Waals surface area (Å²) in [6.45, 7) is 6.03. The van der Waals surface area contributed by atoms with E-state index in [1.165, 1.54) is 0 Å². The van der Waals surface area contributed by atoms with Crippen molar-refractivity contribution in [3.8, 4) is 0 Å². The maximum Gasteiger partial charge on any atom is 0.259 e. The van der Waals surface area contributed by atoms with Gasteiger partial charge in [0.2, 0.25) is 0 Å². The second-order valence-electron chi connectivity index (χ2n) is 5.62. The molecule has 7 nitrogen and oxygen atoms in total. The Balaban J connectivity index is 1.95. The highest BCUT2D eigenvalue weighted by atomic mass is 16.5. The van der Waals surface area contributed by atoms with Crippen LogP contribution in [-0.2, 0) is 0 Å². The van der Waals surface area contributed by atoms with Crippen molar-refractivity contribution in [1.29, 1.82) is 0 Å². The topological polar surface area (TPSA) is 98.1 Å². The van der Waals surface area contributed by atoms with Crippen LogP contribution < -0.4 is 5.73 Å². The van der Waals surface area contributed by atoms with Crippen LogP contribution in [0.5, 0.6) is 0 Å². The Bertz CT molecular complexity index is 685. The van der Waals surface area contributed by atoms with Crippen LogP contribution in [0.1, 0.15) is 52.2 Å². The second kappa shape index (κ2) is 5.40. The first-order chi connectivity index (χ1) is 10.5. The van der Waals surface area contributed by atoms with Crippen molar-refractivity contribution >= 4 is 11.7 Å². The first-order valence-corrected chi connectivity index (χ1v) is 7.32. The molecule has 2 aromatic rings. The Labute approximate surface area is 128 Å². The van der Waals surface area contributed by atoms with Crippen LogP contribution in [0.15, 0.2) is 10.6 Å². The second-order valence-corrected chi connectivity index (χ2v) is 5.62. The Hall–Kier alpha value is -2.44. The van der Waals surface area contributed by atoms with Gasteiger partial charge in [-0.25, -0.2) is 9.97 Å². The zero-order valence-corrected chi connectivity index (χ0v) is 13.0. The van der Waals surface area contributed by atoms with Crippen molar-refractivity contribution in [2.24, 2.45) is 0 Å². The molecule has 7 heteroatoms. The van der Waals surface area contributed by atoms with E-state index in [0.717, 1.165) is 18.5 Å². The summed E-state index contributed by atoms with van der Waals surface area (Å²) < 4.78 is 5.11. The average Bonchev–Trinajstić information content (AvgIpc) is 3.04. The van der Waals surface area contributed by atoms with Gasteiger partial charge < -0.3 is 15.2 Å². The molecule has 2 aromatic heterocycles. The van der Waals surface area contributed by atoms with E-state index in [9.17, 15) is 4.79 Å². The fourth-order valence-electron chi connectivity index (χ4n) is 3.03. The van der Waals surface area contributed by atoms with Gasteiger partial charge >= 0.3 is 0 Å². The lowest BCUT2D eigenvalue weighted by Gasteiger charge is -2.24. The van der Waals surface area contributed by atoms with E-state index in [-0.39, 0.29) is 11.9 Å². The van der Waals surface area contributed by atoms with E-state index < -0.39 is 0 Å². The molecular weight excluding hydrogens is 282 g/mol. The number of carbonyl (C=O) groups is 1. The summed E-state index contributed by atoms with van der Waals surface area (Å²) in [6.07, 6.45) is 1.80. The largest absolute Gasteiger partial charge is 0.384 e. The molecule has 1 fully saturated rings. The minimum atomic E-state index is -0.0785. The van der Waals surface area contributed by atoms with E-state index in [1.807, 2.05) is 4.90 Å². The maximum absolute atomic E-state index is 12.9. The third-order valence-corrected chi connectivity index (χ3v) is 3.98. The molecule has 2 N–H and O–H groups in total. The number of carbonyl (C=O) groups excluding carboxylic acids is 1. The number of aromatic nitrogens is 3. The number of hydrogen-bond acceptors (Lipinski definition) is 6. The molecule has 1 unspecified atom stereocenters. The molecule has 3 heterocycles. The minimum absolute atomic E-state index is 0.0615. The number of amides is 1. The van der Waals surface area contributed by atoms with Gasteiger partial charge in [0.15, 0.2) is 0 Å². The van der Waals surface area contributed by atoms with Gasteiger partial charge in [0, 0.05) is 12.6 Å². The monoisotopic (exact) mass is 301 g/mol. The molecule has 22 heavy (non-hydrogen) atoms. The van der Waals surface area contributed by atoms with Gasteiger partial charge in [-0.2, -0.15) is 0 Å². The lowest BCUT2D eigenvalue weighted by atomic mass is 10.1. The first-order valence-electron chi connectivity index (χ1n) is 7.32. The minimum Gasteiger partial charge on any atom is -0.384 e. The van der Waals surface area contributed by atoms with E-state index in [1.54, 1.807) is 26.8 Å². The summed E-state index contributed by atoms with van der Waals surface area (Å²) in [5.41, 5.74) is 7.77. The molecule has 1 aliphatic rings. The van der Waals surface area contributed by atoms with Gasteiger partial charge in [-0.3, -0.25) is 4.79 Å². The number of aryl methyl sites for hydroxylation is 3. The fraction of sp³-hybridized carbons (Fsp3) is 0.467. The summed E-state index contributed by atoms with van der Waals surface area (Å²) in [5, 5.41) is 3.87. The van der Waals surface area contributed by atoms with Gasteiger partial charge in [0.05, 0.1) is 17.4 Å². The standard InChI is InChI=1S/C15H19N5O2/c1-8-14(9(2)22-19-8)15(21)20-6-4-5-12(20)11-7-13(16)18-10(3)17-11/h7,12H,4-6H2,1-3H3,(H2,16,17,18). The molecule has 3 rings (SSSR count). The number of hydrogen-bond donors (Lipinski definition) is 1. The Kier molecular flexibility index (Phi) is 3.56. The van der Waals surface area contributed by atoms with Gasteiger partial charge in [0.25, 0.3) is 5.91 Å². The van der Waals surface area contributed by atoms with Crippen LogP contribution in [0.3, 0.4) is 0 Å².